The van der Waals surface area contributed by atoms with Crippen molar-refractivity contribution in [2.45, 2.75) is 58.4 Å². The molecule has 19 heavy (non-hydrogen) atoms. The second-order valence-corrected chi connectivity index (χ2v) is 5.66. The predicted molar refractivity (Wildman–Crippen MR) is 81.6 cm³/mol. The second kappa shape index (κ2) is 9.04. The summed E-state index contributed by atoms with van der Waals surface area (Å²) >= 11 is 1.49. The Morgan fingerprint density at radius 2 is 2.11 bits per heavy atom. The first-order valence-corrected chi connectivity index (χ1v) is 7.97. The molecule has 1 aromatic rings. The number of anilines is 1. The molecule has 0 spiro atoms. The van der Waals surface area contributed by atoms with Crippen molar-refractivity contribution in [1.29, 1.82) is 0 Å². The molecule has 0 aliphatic rings. The Balaban J connectivity index is 2.26. The number of thiazole rings is 1. The van der Waals surface area contributed by atoms with Gasteiger partial charge in [-0.2, -0.15) is 0 Å². The van der Waals surface area contributed by atoms with Gasteiger partial charge in [0.15, 0.2) is 5.13 Å². The molecule has 0 radical (unpaired) electrons. The molecule has 1 unspecified atom stereocenters. The summed E-state index contributed by atoms with van der Waals surface area (Å²) in [5.74, 6) is 0.0782. The average Bonchev–Trinajstić information content (AvgIpc) is 2.86. The highest BCUT2D eigenvalue weighted by Crippen LogP contribution is 2.20. The van der Waals surface area contributed by atoms with E-state index in [1.165, 1.54) is 30.6 Å². The number of aromatic nitrogens is 1. The van der Waals surface area contributed by atoms with E-state index < -0.39 is 0 Å². The fraction of sp³-hybridized carbons (Fsp3) is 0.714. The molecule has 0 saturated carbocycles. The number of carbonyl (C=O) groups is 1. The van der Waals surface area contributed by atoms with Crippen molar-refractivity contribution >= 4 is 22.4 Å². The van der Waals surface area contributed by atoms with Crippen molar-refractivity contribution < 1.29 is 4.79 Å². The number of nitrogens with one attached hydrogen (secondary N) is 2. The molecular formula is C14H25N3OS. The first-order valence-electron chi connectivity index (χ1n) is 7.10. The number of unbranched alkanes of at least 4 members (excludes halogenated alkanes) is 4. The lowest BCUT2D eigenvalue weighted by Gasteiger charge is -2.05. The lowest BCUT2D eigenvalue weighted by molar-refractivity contribution is -0.116. The van der Waals surface area contributed by atoms with Crippen molar-refractivity contribution in [2.24, 2.45) is 0 Å². The van der Waals surface area contributed by atoms with Crippen molar-refractivity contribution in [3.8, 4) is 0 Å². The Morgan fingerprint density at radius 1 is 1.37 bits per heavy atom. The molecule has 1 atom stereocenters. The third kappa shape index (κ3) is 6.16. The van der Waals surface area contributed by atoms with Gasteiger partial charge in [0, 0.05) is 17.8 Å². The summed E-state index contributed by atoms with van der Waals surface area (Å²) < 4.78 is 0. The Hall–Kier alpha value is -0.940. The minimum Gasteiger partial charge on any atom is -0.312 e. The average molecular weight is 283 g/mol. The van der Waals surface area contributed by atoms with Gasteiger partial charge in [0.05, 0.1) is 5.69 Å². The van der Waals surface area contributed by atoms with Crippen LogP contribution in [0.1, 0.15) is 64.1 Å². The monoisotopic (exact) mass is 283 g/mol. The highest BCUT2D eigenvalue weighted by Gasteiger charge is 2.09. The van der Waals surface area contributed by atoms with E-state index in [-0.39, 0.29) is 11.9 Å². The third-order valence-electron chi connectivity index (χ3n) is 3.15. The number of nitrogens with zero attached hydrogens (tertiary/aromatic N) is 1. The van der Waals surface area contributed by atoms with E-state index in [1.807, 2.05) is 19.4 Å². The minimum absolute atomic E-state index is 0.0782. The van der Waals surface area contributed by atoms with Crippen LogP contribution in [0, 0.1) is 0 Å². The molecule has 1 rings (SSSR count). The fourth-order valence-corrected chi connectivity index (χ4v) is 2.58. The van der Waals surface area contributed by atoms with Crippen LogP contribution in [0.15, 0.2) is 5.38 Å². The summed E-state index contributed by atoms with van der Waals surface area (Å²) in [6.45, 7) is 4.24. The summed E-state index contributed by atoms with van der Waals surface area (Å²) in [4.78, 5) is 16.1. The van der Waals surface area contributed by atoms with Gasteiger partial charge in [0.1, 0.15) is 0 Å². The Morgan fingerprint density at radius 3 is 2.79 bits per heavy atom. The summed E-state index contributed by atoms with van der Waals surface area (Å²) in [5, 5.41) is 8.69. The molecule has 0 aliphatic carbocycles. The molecule has 2 N–H and O–H groups in total. The van der Waals surface area contributed by atoms with Gasteiger partial charge in [-0.25, -0.2) is 4.98 Å². The smallest absolute Gasteiger partial charge is 0.226 e. The van der Waals surface area contributed by atoms with E-state index in [1.54, 1.807) is 0 Å². The van der Waals surface area contributed by atoms with Crippen LogP contribution in [-0.2, 0) is 4.79 Å². The standard InChI is InChI=1S/C14H25N3OS/c1-4-5-6-7-8-9-13(18)17-14-16-12(10-19-14)11(2)15-3/h10-11,15H,4-9H2,1-3H3,(H,16,17,18). The van der Waals surface area contributed by atoms with E-state index >= 15 is 0 Å². The topological polar surface area (TPSA) is 54.0 Å². The number of carbonyl (C=O) groups excluding carboxylic acids is 1. The zero-order chi connectivity index (χ0) is 14.1. The Bertz CT molecular complexity index is 379. The van der Waals surface area contributed by atoms with Crippen LogP contribution in [-0.4, -0.2) is 17.9 Å². The summed E-state index contributed by atoms with van der Waals surface area (Å²) in [7, 11) is 1.90. The van der Waals surface area contributed by atoms with Gasteiger partial charge in [-0.3, -0.25) is 4.79 Å². The highest BCUT2D eigenvalue weighted by molar-refractivity contribution is 7.13. The number of rotatable bonds is 9. The molecule has 1 heterocycles. The lowest BCUT2D eigenvalue weighted by atomic mass is 10.1. The van der Waals surface area contributed by atoms with Crippen LogP contribution in [0.2, 0.25) is 0 Å². The third-order valence-corrected chi connectivity index (χ3v) is 3.93. The molecule has 0 aromatic carbocycles. The summed E-state index contributed by atoms with van der Waals surface area (Å²) in [5.41, 5.74) is 0.978. The molecule has 0 fully saturated rings. The molecule has 0 aliphatic heterocycles. The molecule has 4 nitrogen and oxygen atoms in total. The highest BCUT2D eigenvalue weighted by atomic mass is 32.1. The zero-order valence-corrected chi connectivity index (χ0v) is 13.0. The van der Waals surface area contributed by atoms with Crippen molar-refractivity contribution in [3.05, 3.63) is 11.1 Å². The SMILES string of the molecule is CCCCCCCC(=O)Nc1nc(C(C)NC)cs1. The van der Waals surface area contributed by atoms with Crippen LogP contribution in [0.4, 0.5) is 5.13 Å². The van der Waals surface area contributed by atoms with Crippen LogP contribution in [0.3, 0.4) is 0 Å². The van der Waals surface area contributed by atoms with Gasteiger partial charge in [0.2, 0.25) is 5.91 Å². The van der Waals surface area contributed by atoms with Crippen LogP contribution in [0.5, 0.6) is 0 Å². The number of amides is 1. The molecule has 0 bridgehead atoms. The fourth-order valence-electron chi connectivity index (χ4n) is 1.76. The van der Waals surface area contributed by atoms with Crippen LogP contribution in [0.25, 0.3) is 0 Å². The Kier molecular flexibility index (Phi) is 7.67. The van der Waals surface area contributed by atoms with Gasteiger partial charge in [-0.05, 0) is 20.4 Å². The van der Waals surface area contributed by atoms with Gasteiger partial charge < -0.3 is 10.6 Å². The largest absolute Gasteiger partial charge is 0.312 e. The minimum atomic E-state index is 0.0782. The van der Waals surface area contributed by atoms with Gasteiger partial charge >= 0.3 is 0 Å². The van der Waals surface area contributed by atoms with Crippen LogP contribution < -0.4 is 10.6 Å². The molecule has 0 saturated heterocycles. The van der Waals surface area contributed by atoms with Crippen molar-refractivity contribution in [3.63, 3.8) is 0 Å². The molecule has 1 amide bonds. The molecule has 5 heteroatoms. The van der Waals surface area contributed by atoms with E-state index in [0.29, 0.717) is 11.6 Å². The second-order valence-electron chi connectivity index (χ2n) is 4.80. The first-order chi connectivity index (χ1) is 9.17. The summed E-state index contributed by atoms with van der Waals surface area (Å²) in [6.07, 6.45) is 6.43. The maximum absolute atomic E-state index is 11.7. The van der Waals surface area contributed by atoms with Gasteiger partial charge in [0.25, 0.3) is 0 Å². The van der Waals surface area contributed by atoms with Crippen molar-refractivity contribution in [2.75, 3.05) is 12.4 Å². The van der Waals surface area contributed by atoms with E-state index in [4.69, 9.17) is 0 Å². The van der Waals surface area contributed by atoms with Crippen LogP contribution >= 0.6 is 11.3 Å². The first kappa shape index (κ1) is 16.1. The van der Waals surface area contributed by atoms with E-state index in [0.717, 1.165) is 18.5 Å². The maximum Gasteiger partial charge on any atom is 0.226 e. The van der Waals surface area contributed by atoms with E-state index in [9.17, 15) is 4.79 Å². The summed E-state index contributed by atoms with van der Waals surface area (Å²) in [6, 6.07) is 0.218. The van der Waals surface area contributed by atoms with Crippen molar-refractivity contribution in [1.82, 2.24) is 10.3 Å². The molecular weight excluding hydrogens is 258 g/mol. The maximum atomic E-state index is 11.7. The van der Waals surface area contributed by atoms with Gasteiger partial charge in [-0.1, -0.05) is 32.6 Å². The number of hydrogen-bond acceptors (Lipinski definition) is 4. The predicted octanol–water partition coefficient (Wildman–Crippen LogP) is 3.72. The number of hydrogen-bond donors (Lipinski definition) is 2. The normalized spacial score (nSPS) is 12.4. The molecule has 1 aromatic heterocycles. The lowest BCUT2D eigenvalue weighted by Crippen LogP contribution is -2.14. The van der Waals surface area contributed by atoms with Gasteiger partial charge in [-0.15, -0.1) is 11.3 Å². The molecule has 108 valence electrons. The Labute approximate surface area is 120 Å². The quantitative estimate of drug-likeness (QED) is 0.679. The van der Waals surface area contributed by atoms with E-state index in [2.05, 4.69) is 22.5 Å². The zero-order valence-electron chi connectivity index (χ0n) is 12.2.